The monoisotopic (exact) mass is 281 g/mol. The van der Waals surface area contributed by atoms with Gasteiger partial charge in [-0.25, -0.2) is 0 Å². The molecule has 4 nitrogen and oxygen atoms in total. The average molecular weight is 281 g/mol. The van der Waals surface area contributed by atoms with Crippen LogP contribution < -0.4 is 5.73 Å². The summed E-state index contributed by atoms with van der Waals surface area (Å²) in [5.41, 5.74) is 5.96. The van der Waals surface area contributed by atoms with Crippen molar-refractivity contribution in [2.24, 2.45) is 11.1 Å². The molecule has 0 aliphatic carbocycles. The zero-order valence-corrected chi connectivity index (χ0v) is 12.2. The molecule has 0 bridgehead atoms. The second-order valence-electron chi connectivity index (χ2n) is 5.06. The molecular formula is C11H25N2O2S2. The number of nitrogens with zero attached hydrogens (tertiary/aromatic N) is 1. The highest BCUT2D eigenvalue weighted by molar-refractivity contribution is 8.24. The smallest absolute Gasteiger partial charge is 0.0502 e. The van der Waals surface area contributed by atoms with Crippen LogP contribution in [-0.4, -0.2) is 63.2 Å². The number of thioether (sulfide) groups is 1. The van der Waals surface area contributed by atoms with Crippen molar-refractivity contribution in [3.05, 3.63) is 6.92 Å². The van der Waals surface area contributed by atoms with Crippen molar-refractivity contribution in [1.82, 2.24) is 4.90 Å². The van der Waals surface area contributed by atoms with Gasteiger partial charge in [-0.3, -0.25) is 9.11 Å². The van der Waals surface area contributed by atoms with Gasteiger partial charge in [-0.05, 0) is 25.4 Å². The molecule has 2 rings (SSSR count). The Bertz CT molecular complexity index is 220. The van der Waals surface area contributed by atoms with Gasteiger partial charge in [0.25, 0.3) is 0 Å². The summed E-state index contributed by atoms with van der Waals surface area (Å²) in [5.74, 6) is 3.60. The summed E-state index contributed by atoms with van der Waals surface area (Å²) in [5, 5.41) is 0. The van der Waals surface area contributed by atoms with E-state index in [4.69, 9.17) is 5.73 Å². The van der Waals surface area contributed by atoms with E-state index >= 15 is 0 Å². The lowest BCUT2D eigenvalue weighted by molar-refractivity contribution is 0.312. The minimum Gasteiger partial charge on any atom is -0.330 e. The molecule has 0 amide bonds. The van der Waals surface area contributed by atoms with E-state index in [-0.39, 0.29) is 0 Å². The Labute approximate surface area is 111 Å². The summed E-state index contributed by atoms with van der Waals surface area (Å²) in [7, 11) is -2.20. The van der Waals surface area contributed by atoms with E-state index in [0.717, 1.165) is 26.2 Å². The molecule has 0 aromatic carbocycles. The minimum atomic E-state index is -2.20. The SMILES string of the molecule is CC1(CN)CSC1.[CH2]CN1CCS(O)(O)CC1. The van der Waals surface area contributed by atoms with Gasteiger partial charge in [-0.1, -0.05) is 6.92 Å². The molecule has 0 unspecified atom stereocenters. The summed E-state index contributed by atoms with van der Waals surface area (Å²) in [6, 6.07) is 0. The van der Waals surface area contributed by atoms with Crippen LogP contribution >= 0.6 is 22.4 Å². The fourth-order valence-electron chi connectivity index (χ4n) is 1.56. The molecule has 2 heterocycles. The quantitative estimate of drug-likeness (QED) is 0.717. The van der Waals surface area contributed by atoms with Gasteiger partial charge in [-0.2, -0.15) is 22.4 Å². The standard InChI is InChI=1S/C6H14NO2S.C5H11NS/c1-2-7-3-5-10(8,9)6-4-7;1-5(2-6)3-7-4-5/h8-9H,1-6H2;2-4,6H2,1H3. The maximum absolute atomic E-state index is 9.18. The summed E-state index contributed by atoms with van der Waals surface area (Å²) >= 11 is 1.99. The zero-order valence-electron chi connectivity index (χ0n) is 10.6. The van der Waals surface area contributed by atoms with Crippen molar-refractivity contribution in [3.63, 3.8) is 0 Å². The Hall–Kier alpha value is 0.540. The van der Waals surface area contributed by atoms with Crippen LogP contribution in [0.1, 0.15) is 6.92 Å². The van der Waals surface area contributed by atoms with E-state index in [9.17, 15) is 9.11 Å². The van der Waals surface area contributed by atoms with Crippen LogP contribution in [0.25, 0.3) is 0 Å². The fourth-order valence-corrected chi connectivity index (χ4v) is 4.00. The van der Waals surface area contributed by atoms with Crippen LogP contribution in [0, 0.1) is 12.3 Å². The minimum absolute atomic E-state index is 0.505. The highest BCUT2D eigenvalue weighted by atomic mass is 32.3. The highest BCUT2D eigenvalue weighted by Crippen LogP contribution is 2.40. The highest BCUT2D eigenvalue weighted by Gasteiger charge is 2.30. The van der Waals surface area contributed by atoms with Gasteiger partial charge in [0.1, 0.15) is 0 Å². The largest absolute Gasteiger partial charge is 0.330 e. The van der Waals surface area contributed by atoms with Gasteiger partial charge < -0.3 is 10.6 Å². The van der Waals surface area contributed by atoms with E-state index in [1.807, 2.05) is 11.8 Å². The van der Waals surface area contributed by atoms with Crippen LogP contribution in [0.5, 0.6) is 0 Å². The van der Waals surface area contributed by atoms with Crippen LogP contribution in [0.15, 0.2) is 0 Å². The third-order valence-electron chi connectivity index (χ3n) is 3.18. The molecule has 2 fully saturated rings. The van der Waals surface area contributed by atoms with Crippen LogP contribution in [0.2, 0.25) is 0 Å². The lowest BCUT2D eigenvalue weighted by Gasteiger charge is -2.40. The number of rotatable bonds is 2. The number of nitrogens with two attached hydrogens (primary N) is 1. The molecule has 103 valence electrons. The van der Waals surface area contributed by atoms with Crippen LogP contribution in [0.4, 0.5) is 0 Å². The topological polar surface area (TPSA) is 69.7 Å². The number of hydrogen-bond donors (Lipinski definition) is 3. The Morgan fingerprint density at radius 2 is 1.88 bits per heavy atom. The van der Waals surface area contributed by atoms with Crippen molar-refractivity contribution >= 4 is 22.4 Å². The molecule has 6 heteroatoms. The first kappa shape index (κ1) is 15.6. The predicted octanol–water partition coefficient (Wildman–Crippen LogP) is 1.58. The molecule has 0 saturated carbocycles. The van der Waals surface area contributed by atoms with Crippen molar-refractivity contribution in [3.8, 4) is 0 Å². The maximum atomic E-state index is 9.18. The molecule has 2 aliphatic rings. The fraction of sp³-hybridized carbons (Fsp3) is 0.909. The van der Waals surface area contributed by atoms with E-state index < -0.39 is 10.6 Å². The average Bonchev–Trinajstić information content (AvgIpc) is 2.27. The summed E-state index contributed by atoms with van der Waals surface area (Å²) in [4.78, 5) is 2.12. The molecule has 1 radical (unpaired) electrons. The molecular weight excluding hydrogens is 256 g/mol. The van der Waals surface area contributed by atoms with E-state index in [2.05, 4.69) is 18.7 Å². The number of hydrogen-bond acceptors (Lipinski definition) is 5. The molecule has 0 aromatic heterocycles. The Morgan fingerprint density at radius 3 is 2.12 bits per heavy atom. The molecule has 17 heavy (non-hydrogen) atoms. The van der Waals surface area contributed by atoms with Gasteiger partial charge in [0.05, 0.1) is 11.5 Å². The van der Waals surface area contributed by atoms with Crippen LogP contribution in [-0.2, 0) is 0 Å². The molecule has 2 saturated heterocycles. The maximum Gasteiger partial charge on any atom is 0.0502 e. The molecule has 4 N–H and O–H groups in total. The first-order valence-corrected chi connectivity index (χ1v) is 8.98. The lowest BCUT2D eigenvalue weighted by Crippen LogP contribution is -2.39. The first-order valence-electron chi connectivity index (χ1n) is 5.94. The van der Waals surface area contributed by atoms with E-state index in [0.29, 0.717) is 16.9 Å². The van der Waals surface area contributed by atoms with E-state index in [1.165, 1.54) is 11.5 Å². The summed E-state index contributed by atoms with van der Waals surface area (Å²) < 4.78 is 18.4. The van der Waals surface area contributed by atoms with Crippen molar-refractivity contribution in [2.75, 3.05) is 49.2 Å². The Morgan fingerprint density at radius 1 is 1.35 bits per heavy atom. The van der Waals surface area contributed by atoms with Crippen LogP contribution in [0.3, 0.4) is 0 Å². The normalized spacial score (nSPS) is 28.5. The first-order chi connectivity index (χ1) is 7.91. The summed E-state index contributed by atoms with van der Waals surface area (Å²) in [6.45, 7) is 9.17. The molecule has 0 spiro atoms. The Kier molecular flexibility index (Phi) is 6.09. The third-order valence-corrected chi connectivity index (χ3v) is 6.65. The molecule has 0 aromatic rings. The predicted molar refractivity (Wildman–Crippen MR) is 78.9 cm³/mol. The van der Waals surface area contributed by atoms with E-state index in [1.54, 1.807) is 0 Å². The van der Waals surface area contributed by atoms with Gasteiger partial charge >= 0.3 is 0 Å². The third kappa shape index (κ3) is 5.36. The van der Waals surface area contributed by atoms with Gasteiger partial charge in [-0.15, -0.1) is 0 Å². The van der Waals surface area contributed by atoms with Crippen molar-refractivity contribution < 1.29 is 9.11 Å². The zero-order chi connectivity index (χ0) is 12.9. The molecule has 2 aliphatic heterocycles. The van der Waals surface area contributed by atoms with Crippen molar-refractivity contribution in [1.29, 1.82) is 0 Å². The van der Waals surface area contributed by atoms with Gasteiger partial charge in [0, 0.05) is 24.6 Å². The molecule has 0 atom stereocenters. The second kappa shape index (κ2) is 6.63. The van der Waals surface area contributed by atoms with Crippen molar-refractivity contribution in [2.45, 2.75) is 6.92 Å². The Balaban J connectivity index is 0.000000181. The summed E-state index contributed by atoms with van der Waals surface area (Å²) in [6.07, 6.45) is 0. The van der Waals surface area contributed by atoms with Gasteiger partial charge in [0.15, 0.2) is 0 Å². The lowest BCUT2D eigenvalue weighted by atomic mass is 9.96. The second-order valence-corrected chi connectivity index (χ2v) is 8.47. The van der Waals surface area contributed by atoms with Gasteiger partial charge in [0.2, 0.25) is 0 Å².